The second-order valence-electron chi connectivity index (χ2n) is 5.54. The predicted molar refractivity (Wildman–Crippen MR) is 66.4 cm³/mol. The van der Waals surface area contributed by atoms with Crippen LogP contribution in [0.15, 0.2) is 0 Å². The Labute approximate surface area is 105 Å². The Morgan fingerprint density at radius 1 is 1.29 bits per heavy atom. The van der Waals surface area contributed by atoms with E-state index in [-0.39, 0.29) is 0 Å². The first-order chi connectivity index (χ1) is 7.92. The number of nitrogens with zero attached hydrogens (tertiary/aromatic N) is 4. The molecule has 2 aromatic heterocycles. The molecule has 17 heavy (non-hydrogen) atoms. The van der Waals surface area contributed by atoms with Gasteiger partial charge in [-0.25, -0.2) is 4.98 Å². The predicted octanol–water partition coefficient (Wildman–Crippen LogP) is 2.91. The number of aromatic nitrogens is 4. The minimum absolute atomic E-state index is 0.332. The third-order valence-corrected chi connectivity index (χ3v) is 4.08. The van der Waals surface area contributed by atoms with Crippen LogP contribution in [0.3, 0.4) is 0 Å². The summed E-state index contributed by atoms with van der Waals surface area (Å²) in [5.74, 6) is 1.50. The maximum atomic E-state index is 6.11. The zero-order valence-corrected chi connectivity index (χ0v) is 11.2. The number of halogens is 1. The Hall–Kier alpha value is -1.16. The molecular weight excluding hydrogens is 236 g/mol. The molecule has 5 heteroatoms. The maximum Gasteiger partial charge on any atom is 0.198 e. The lowest BCUT2D eigenvalue weighted by atomic mass is 10.1. The molecule has 1 aliphatic rings. The normalized spacial score (nSPS) is 22.1. The summed E-state index contributed by atoms with van der Waals surface area (Å²) < 4.78 is 2.06. The molecule has 0 aliphatic heterocycles. The minimum atomic E-state index is 0.332. The molecule has 0 N–H and O–H groups in total. The summed E-state index contributed by atoms with van der Waals surface area (Å²) in [7, 11) is 0. The zero-order chi connectivity index (χ0) is 12.4. The molecule has 1 saturated carbocycles. The van der Waals surface area contributed by atoms with E-state index in [1.807, 2.05) is 13.8 Å². The molecule has 90 valence electrons. The molecule has 3 rings (SSSR count). The monoisotopic (exact) mass is 250 g/mol. The highest BCUT2D eigenvalue weighted by Gasteiger charge is 2.49. The fraction of sp³-hybridized carbons (Fsp3) is 0.583. The highest BCUT2D eigenvalue weighted by atomic mass is 35.5. The lowest BCUT2D eigenvalue weighted by molar-refractivity contribution is 0.604. The summed E-state index contributed by atoms with van der Waals surface area (Å²) in [6, 6.07) is 0. The van der Waals surface area contributed by atoms with E-state index < -0.39 is 0 Å². The molecule has 2 aromatic rings. The Morgan fingerprint density at radius 3 is 2.53 bits per heavy atom. The summed E-state index contributed by atoms with van der Waals surface area (Å²) in [5, 5.41) is 8.91. The van der Waals surface area contributed by atoms with Crippen molar-refractivity contribution in [2.75, 3.05) is 0 Å². The van der Waals surface area contributed by atoms with Gasteiger partial charge in [-0.15, -0.1) is 10.2 Å². The highest BCUT2D eigenvalue weighted by Crippen LogP contribution is 2.58. The van der Waals surface area contributed by atoms with Crippen LogP contribution < -0.4 is 0 Å². The van der Waals surface area contributed by atoms with Gasteiger partial charge in [0.2, 0.25) is 0 Å². The molecule has 1 aliphatic carbocycles. The molecule has 0 spiro atoms. The van der Waals surface area contributed by atoms with Crippen molar-refractivity contribution in [3.05, 3.63) is 22.4 Å². The summed E-state index contributed by atoms with van der Waals surface area (Å²) in [4.78, 5) is 4.27. The van der Waals surface area contributed by atoms with E-state index in [2.05, 4.69) is 33.4 Å². The zero-order valence-electron chi connectivity index (χ0n) is 10.5. The average molecular weight is 251 g/mol. The Kier molecular flexibility index (Phi) is 2.06. The van der Waals surface area contributed by atoms with E-state index in [9.17, 15) is 0 Å². The van der Waals surface area contributed by atoms with Crippen molar-refractivity contribution in [2.45, 2.75) is 40.0 Å². The van der Waals surface area contributed by atoms with Crippen molar-refractivity contribution >= 4 is 17.2 Å². The molecule has 1 fully saturated rings. The highest BCUT2D eigenvalue weighted by molar-refractivity contribution is 6.32. The van der Waals surface area contributed by atoms with Gasteiger partial charge in [0, 0.05) is 11.6 Å². The smallest absolute Gasteiger partial charge is 0.198 e. The second kappa shape index (κ2) is 3.19. The van der Waals surface area contributed by atoms with Crippen LogP contribution in [0.5, 0.6) is 0 Å². The molecule has 0 saturated heterocycles. The van der Waals surface area contributed by atoms with Crippen LogP contribution in [0.4, 0.5) is 0 Å². The van der Waals surface area contributed by atoms with Gasteiger partial charge in [0.15, 0.2) is 10.8 Å². The Balaban J connectivity index is 2.28. The van der Waals surface area contributed by atoms with Crippen molar-refractivity contribution in [3.8, 4) is 0 Å². The van der Waals surface area contributed by atoms with Crippen molar-refractivity contribution in [1.29, 1.82) is 0 Å². The summed E-state index contributed by atoms with van der Waals surface area (Å²) in [5.41, 5.74) is 3.01. The minimum Gasteiger partial charge on any atom is -0.279 e. The molecule has 0 bridgehead atoms. The lowest BCUT2D eigenvalue weighted by Gasteiger charge is -2.08. The Morgan fingerprint density at radius 2 is 1.94 bits per heavy atom. The van der Waals surface area contributed by atoms with Gasteiger partial charge in [-0.05, 0) is 25.7 Å². The van der Waals surface area contributed by atoms with Crippen LogP contribution in [-0.4, -0.2) is 19.6 Å². The molecule has 0 amide bonds. The number of fused-ring (bicyclic) bond motifs is 1. The molecular formula is C12H15ClN4. The third-order valence-electron chi connectivity index (χ3n) is 3.82. The SMILES string of the molecule is Cc1nc(Cl)c2nnc(C3CC3(C)C)n2c1C. The lowest BCUT2D eigenvalue weighted by Crippen LogP contribution is -2.04. The van der Waals surface area contributed by atoms with E-state index in [0.29, 0.717) is 22.1 Å². The topological polar surface area (TPSA) is 43.1 Å². The quantitative estimate of drug-likeness (QED) is 0.782. The van der Waals surface area contributed by atoms with Crippen LogP contribution >= 0.6 is 11.6 Å². The fourth-order valence-corrected chi connectivity index (χ4v) is 2.58. The standard InChI is InChI=1S/C12H15ClN4/c1-6-7(2)17-10(8-5-12(8,3)4)15-16-11(17)9(13)14-6/h8H,5H2,1-4H3. The number of aryl methyl sites for hydroxylation is 2. The van der Waals surface area contributed by atoms with Crippen molar-refractivity contribution in [3.63, 3.8) is 0 Å². The first-order valence-electron chi connectivity index (χ1n) is 5.79. The van der Waals surface area contributed by atoms with E-state index in [0.717, 1.165) is 23.6 Å². The number of rotatable bonds is 1. The molecule has 0 aromatic carbocycles. The van der Waals surface area contributed by atoms with Crippen molar-refractivity contribution < 1.29 is 0 Å². The van der Waals surface area contributed by atoms with Crippen LogP contribution in [0.1, 0.15) is 43.4 Å². The molecule has 4 nitrogen and oxygen atoms in total. The first-order valence-corrected chi connectivity index (χ1v) is 6.17. The third kappa shape index (κ3) is 1.47. The van der Waals surface area contributed by atoms with E-state index in [1.54, 1.807) is 0 Å². The fourth-order valence-electron chi connectivity index (χ4n) is 2.33. The van der Waals surface area contributed by atoms with Gasteiger partial charge >= 0.3 is 0 Å². The first kappa shape index (κ1) is 11.0. The van der Waals surface area contributed by atoms with Gasteiger partial charge < -0.3 is 0 Å². The molecule has 1 unspecified atom stereocenters. The van der Waals surface area contributed by atoms with Gasteiger partial charge in [-0.2, -0.15) is 0 Å². The molecule has 0 radical (unpaired) electrons. The van der Waals surface area contributed by atoms with Gasteiger partial charge in [0.1, 0.15) is 5.82 Å². The summed E-state index contributed by atoms with van der Waals surface area (Å²) in [6.07, 6.45) is 1.16. The van der Waals surface area contributed by atoms with Crippen LogP contribution in [0.2, 0.25) is 5.15 Å². The van der Waals surface area contributed by atoms with Crippen molar-refractivity contribution in [1.82, 2.24) is 19.6 Å². The largest absolute Gasteiger partial charge is 0.279 e. The van der Waals surface area contributed by atoms with Crippen LogP contribution in [0, 0.1) is 19.3 Å². The van der Waals surface area contributed by atoms with Gasteiger partial charge in [-0.3, -0.25) is 4.40 Å². The van der Waals surface area contributed by atoms with Crippen LogP contribution in [0.25, 0.3) is 5.65 Å². The molecule has 2 heterocycles. The van der Waals surface area contributed by atoms with Crippen molar-refractivity contribution in [2.24, 2.45) is 5.41 Å². The van der Waals surface area contributed by atoms with Gasteiger partial charge in [0.25, 0.3) is 0 Å². The van der Waals surface area contributed by atoms with Crippen LogP contribution in [-0.2, 0) is 0 Å². The van der Waals surface area contributed by atoms with E-state index in [1.165, 1.54) is 0 Å². The summed E-state index contributed by atoms with van der Waals surface area (Å²) in [6.45, 7) is 8.50. The van der Waals surface area contributed by atoms with Gasteiger partial charge in [0.05, 0.1) is 5.69 Å². The Bertz CT molecular complexity index is 614. The second-order valence-corrected chi connectivity index (χ2v) is 5.89. The molecule has 1 atom stereocenters. The summed E-state index contributed by atoms with van der Waals surface area (Å²) >= 11 is 6.11. The number of hydrogen-bond acceptors (Lipinski definition) is 3. The van der Waals surface area contributed by atoms with Gasteiger partial charge in [-0.1, -0.05) is 25.4 Å². The van der Waals surface area contributed by atoms with E-state index >= 15 is 0 Å². The van der Waals surface area contributed by atoms with E-state index in [4.69, 9.17) is 11.6 Å². The average Bonchev–Trinajstić information content (AvgIpc) is 2.72. The number of hydrogen-bond donors (Lipinski definition) is 0. The maximum absolute atomic E-state index is 6.11.